The van der Waals surface area contributed by atoms with E-state index in [1.54, 1.807) is 0 Å². The maximum absolute atomic E-state index is 12.9. The fraction of sp³-hybridized carbons (Fsp3) is 0.176. The molecule has 2 aromatic carbocycles. The highest BCUT2D eigenvalue weighted by molar-refractivity contribution is 6.02. The summed E-state index contributed by atoms with van der Waals surface area (Å²) in [6.45, 7) is 1.40. The van der Waals surface area contributed by atoms with Crippen molar-refractivity contribution in [1.29, 1.82) is 0 Å². The molecule has 6 heteroatoms. The van der Waals surface area contributed by atoms with E-state index in [1.165, 1.54) is 44.4 Å². The molecule has 0 saturated heterocycles. The van der Waals surface area contributed by atoms with Gasteiger partial charge in [0.1, 0.15) is 11.4 Å². The van der Waals surface area contributed by atoms with Crippen molar-refractivity contribution >= 4 is 11.8 Å². The molecule has 0 aromatic heterocycles. The second kappa shape index (κ2) is 6.91. The Labute approximate surface area is 132 Å². The van der Waals surface area contributed by atoms with Crippen molar-refractivity contribution in [2.75, 3.05) is 7.11 Å². The van der Waals surface area contributed by atoms with Gasteiger partial charge in [0.15, 0.2) is 17.6 Å². The number of carbonyl (C=O) groups excluding carboxylic acids is 2. The van der Waals surface area contributed by atoms with Crippen LogP contribution >= 0.6 is 0 Å². The average molecular weight is 318 g/mol. The van der Waals surface area contributed by atoms with Crippen LogP contribution in [-0.2, 0) is 4.74 Å². The predicted molar refractivity (Wildman–Crippen MR) is 80.3 cm³/mol. The Balaban J connectivity index is 2.13. The van der Waals surface area contributed by atoms with Gasteiger partial charge in [-0.25, -0.2) is 9.18 Å². The number of carbonyl (C=O) groups is 2. The molecule has 2 rings (SSSR count). The number of hydrogen-bond acceptors (Lipinski definition) is 5. The second-order valence-electron chi connectivity index (χ2n) is 4.78. The van der Waals surface area contributed by atoms with Crippen molar-refractivity contribution in [3.05, 3.63) is 59.4 Å². The molecule has 0 aliphatic carbocycles. The van der Waals surface area contributed by atoms with Gasteiger partial charge in [0.2, 0.25) is 5.78 Å². The summed E-state index contributed by atoms with van der Waals surface area (Å²) in [5.41, 5.74) is 0.115. The van der Waals surface area contributed by atoms with Crippen molar-refractivity contribution < 1.29 is 28.6 Å². The molecule has 120 valence electrons. The van der Waals surface area contributed by atoms with E-state index in [-0.39, 0.29) is 22.6 Å². The van der Waals surface area contributed by atoms with Crippen molar-refractivity contribution in [3.8, 4) is 11.5 Å². The maximum atomic E-state index is 12.9. The van der Waals surface area contributed by atoms with E-state index in [0.29, 0.717) is 0 Å². The number of aromatic hydroxyl groups is 1. The molecule has 0 fully saturated rings. The van der Waals surface area contributed by atoms with E-state index >= 15 is 0 Å². The van der Waals surface area contributed by atoms with Gasteiger partial charge in [-0.2, -0.15) is 0 Å². The van der Waals surface area contributed by atoms with Crippen molar-refractivity contribution in [2.24, 2.45) is 0 Å². The minimum absolute atomic E-state index is 0.108. The van der Waals surface area contributed by atoms with Crippen LogP contribution in [0.15, 0.2) is 42.5 Å². The molecule has 0 spiro atoms. The molecule has 0 bridgehead atoms. The Morgan fingerprint density at radius 3 is 2.39 bits per heavy atom. The number of Topliss-reactive ketones (excluding diaryl/α,β-unsaturated/α-hetero) is 1. The third kappa shape index (κ3) is 3.66. The van der Waals surface area contributed by atoms with Crippen LogP contribution in [0, 0.1) is 5.82 Å². The molecular formula is C17H15FO5. The first kappa shape index (κ1) is 16.5. The van der Waals surface area contributed by atoms with E-state index < -0.39 is 23.7 Å². The monoisotopic (exact) mass is 318 g/mol. The number of rotatable bonds is 5. The predicted octanol–water partition coefficient (Wildman–Crippen LogP) is 2.97. The highest BCUT2D eigenvalue weighted by atomic mass is 19.1. The molecule has 0 heterocycles. The number of para-hydroxylation sites is 1. The molecule has 0 saturated carbocycles. The summed E-state index contributed by atoms with van der Waals surface area (Å²) < 4.78 is 22.8. The Bertz CT molecular complexity index is 724. The van der Waals surface area contributed by atoms with Crippen LogP contribution in [0.5, 0.6) is 11.5 Å². The lowest BCUT2D eigenvalue weighted by molar-refractivity contribution is 0.0315. The van der Waals surface area contributed by atoms with Gasteiger partial charge in [0.25, 0.3) is 0 Å². The zero-order chi connectivity index (χ0) is 17.0. The number of methoxy groups -OCH3 is 1. The van der Waals surface area contributed by atoms with E-state index in [0.717, 1.165) is 12.1 Å². The van der Waals surface area contributed by atoms with Gasteiger partial charge in [0.05, 0.1) is 7.11 Å². The lowest BCUT2D eigenvalue weighted by Gasteiger charge is -2.14. The van der Waals surface area contributed by atoms with Crippen LogP contribution in [0.4, 0.5) is 4.39 Å². The molecule has 0 aliphatic heterocycles. The quantitative estimate of drug-likeness (QED) is 0.678. The number of phenolic OH excluding ortho intramolecular Hbond substituents is 1. The molecule has 1 N–H and O–H groups in total. The smallest absolute Gasteiger partial charge is 0.342 e. The minimum Gasteiger partial charge on any atom is -0.504 e. The van der Waals surface area contributed by atoms with Gasteiger partial charge >= 0.3 is 5.97 Å². The summed E-state index contributed by atoms with van der Waals surface area (Å²) >= 11 is 0. The fourth-order valence-corrected chi connectivity index (χ4v) is 1.98. The van der Waals surface area contributed by atoms with Gasteiger partial charge in [-0.05, 0) is 43.3 Å². The zero-order valence-electron chi connectivity index (χ0n) is 12.6. The number of ether oxygens (including phenoxy) is 2. The Morgan fingerprint density at radius 1 is 1.13 bits per heavy atom. The van der Waals surface area contributed by atoms with Crippen molar-refractivity contribution in [1.82, 2.24) is 0 Å². The van der Waals surface area contributed by atoms with Crippen molar-refractivity contribution in [2.45, 2.75) is 13.0 Å². The third-order valence-corrected chi connectivity index (χ3v) is 3.22. The molecule has 1 unspecified atom stereocenters. The van der Waals surface area contributed by atoms with Crippen LogP contribution in [0.25, 0.3) is 0 Å². The largest absolute Gasteiger partial charge is 0.504 e. The maximum Gasteiger partial charge on any atom is 0.342 e. The van der Waals surface area contributed by atoms with Gasteiger partial charge in [0, 0.05) is 5.56 Å². The molecule has 1 atom stereocenters. The van der Waals surface area contributed by atoms with Crippen LogP contribution in [-0.4, -0.2) is 30.1 Å². The lowest BCUT2D eigenvalue weighted by atomic mass is 10.1. The van der Waals surface area contributed by atoms with E-state index in [1.807, 2.05) is 0 Å². The van der Waals surface area contributed by atoms with Gasteiger partial charge in [-0.1, -0.05) is 6.07 Å². The normalized spacial score (nSPS) is 11.6. The first-order chi connectivity index (χ1) is 10.9. The Morgan fingerprint density at radius 2 is 1.78 bits per heavy atom. The summed E-state index contributed by atoms with van der Waals surface area (Å²) in [7, 11) is 1.35. The van der Waals surface area contributed by atoms with Crippen LogP contribution in [0.3, 0.4) is 0 Å². The summed E-state index contributed by atoms with van der Waals surface area (Å²) in [6.07, 6.45) is -1.08. The van der Waals surface area contributed by atoms with E-state index in [4.69, 9.17) is 9.47 Å². The molecular weight excluding hydrogens is 303 g/mol. The Kier molecular flexibility index (Phi) is 4.95. The molecule has 23 heavy (non-hydrogen) atoms. The SMILES string of the molecule is COc1cccc(C(=O)OC(C)C(=O)c2ccc(F)cc2)c1O. The molecule has 5 nitrogen and oxygen atoms in total. The minimum atomic E-state index is -1.08. The highest BCUT2D eigenvalue weighted by Crippen LogP contribution is 2.30. The van der Waals surface area contributed by atoms with Crippen LogP contribution in [0.1, 0.15) is 27.6 Å². The highest BCUT2D eigenvalue weighted by Gasteiger charge is 2.23. The molecule has 0 radical (unpaired) electrons. The van der Waals surface area contributed by atoms with Gasteiger partial charge in [-0.15, -0.1) is 0 Å². The topological polar surface area (TPSA) is 72.8 Å². The lowest BCUT2D eigenvalue weighted by Crippen LogP contribution is -2.24. The summed E-state index contributed by atoms with van der Waals surface area (Å²) in [5.74, 6) is -2.03. The molecule has 0 aliphatic rings. The summed E-state index contributed by atoms with van der Waals surface area (Å²) in [4.78, 5) is 24.2. The summed E-state index contributed by atoms with van der Waals surface area (Å²) in [6, 6.07) is 9.28. The van der Waals surface area contributed by atoms with Crippen LogP contribution < -0.4 is 4.74 Å². The average Bonchev–Trinajstić information content (AvgIpc) is 2.55. The number of ketones is 1. The number of benzene rings is 2. The molecule has 0 amide bonds. The van der Waals surface area contributed by atoms with Crippen LogP contribution in [0.2, 0.25) is 0 Å². The Hall–Kier alpha value is -2.89. The standard InChI is InChI=1S/C17H15FO5/c1-10(15(19)11-6-8-12(18)9-7-11)23-17(21)13-4-3-5-14(22-2)16(13)20/h3-10,20H,1-2H3. The number of esters is 1. The number of phenols is 1. The third-order valence-electron chi connectivity index (χ3n) is 3.22. The first-order valence-corrected chi connectivity index (χ1v) is 6.80. The number of halogens is 1. The summed E-state index contributed by atoms with van der Waals surface area (Å²) in [5, 5.41) is 9.91. The molecule has 2 aromatic rings. The van der Waals surface area contributed by atoms with E-state index in [9.17, 15) is 19.1 Å². The first-order valence-electron chi connectivity index (χ1n) is 6.80. The fourth-order valence-electron chi connectivity index (χ4n) is 1.98. The zero-order valence-corrected chi connectivity index (χ0v) is 12.6. The second-order valence-corrected chi connectivity index (χ2v) is 4.78. The van der Waals surface area contributed by atoms with Gasteiger partial charge in [-0.3, -0.25) is 4.79 Å². The van der Waals surface area contributed by atoms with Gasteiger partial charge < -0.3 is 14.6 Å². The van der Waals surface area contributed by atoms with Crippen molar-refractivity contribution in [3.63, 3.8) is 0 Å². The number of hydrogen-bond donors (Lipinski definition) is 1. The van der Waals surface area contributed by atoms with E-state index in [2.05, 4.69) is 0 Å².